The third-order valence-corrected chi connectivity index (χ3v) is 10.3. The van der Waals surface area contributed by atoms with E-state index >= 15 is 0 Å². The summed E-state index contributed by atoms with van der Waals surface area (Å²) in [6, 6.07) is 42.5. The number of hydrogen-bond acceptors (Lipinski definition) is 5. The van der Waals surface area contributed by atoms with Crippen LogP contribution >= 0.6 is 0 Å². The molecule has 2 unspecified atom stereocenters. The van der Waals surface area contributed by atoms with Crippen LogP contribution in [0.25, 0.3) is 0 Å². The maximum Gasteiger partial charge on any atom is 0.264 e. The highest BCUT2D eigenvalue weighted by Crippen LogP contribution is 2.36. The quantitative estimate of drug-likeness (QED) is 0.164. The number of aliphatic hydroxyl groups excluding tert-OH is 1. The van der Waals surface area contributed by atoms with Gasteiger partial charge < -0.3 is 14.7 Å². The van der Waals surface area contributed by atoms with Gasteiger partial charge in [-0.2, -0.15) is 0 Å². The van der Waals surface area contributed by atoms with E-state index < -0.39 is 22.2 Å². The standard InChI is InChI=1S/C39H38N2O5S/c1-29-24-33-20-11-12-23-37(33)41(29)47(44,45)36-22-13-21-34(25-36)39(43)40(26-30-14-5-2-6-15-30)27-35(42)28-46-38(31-16-7-3-8-17-31)32-18-9-4-10-19-32/h2-23,25,29,35,38,42H,24,26-28H2,1H3. The molecule has 240 valence electrons. The second-order valence-corrected chi connectivity index (χ2v) is 13.7. The van der Waals surface area contributed by atoms with Crippen molar-refractivity contribution in [1.82, 2.24) is 4.90 Å². The number of benzene rings is 5. The zero-order valence-electron chi connectivity index (χ0n) is 26.2. The van der Waals surface area contributed by atoms with Gasteiger partial charge in [-0.25, -0.2) is 8.42 Å². The Morgan fingerprint density at radius 3 is 2.09 bits per heavy atom. The van der Waals surface area contributed by atoms with Gasteiger partial charge in [0.05, 0.1) is 23.3 Å². The maximum atomic E-state index is 14.1. The van der Waals surface area contributed by atoms with E-state index in [-0.39, 0.29) is 42.1 Å². The summed E-state index contributed by atoms with van der Waals surface area (Å²) in [7, 11) is -3.94. The van der Waals surface area contributed by atoms with Gasteiger partial charge in [-0.3, -0.25) is 9.10 Å². The highest BCUT2D eigenvalue weighted by atomic mass is 32.2. The van der Waals surface area contributed by atoms with E-state index in [0.717, 1.165) is 22.3 Å². The molecule has 0 spiro atoms. The third-order valence-electron chi connectivity index (χ3n) is 8.38. The molecule has 2 atom stereocenters. The summed E-state index contributed by atoms with van der Waals surface area (Å²) in [6.07, 6.45) is -0.786. The van der Waals surface area contributed by atoms with Crippen LogP contribution in [0.5, 0.6) is 0 Å². The van der Waals surface area contributed by atoms with Gasteiger partial charge in [0.15, 0.2) is 0 Å². The van der Waals surface area contributed by atoms with E-state index in [9.17, 15) is 18.3 Å². The number of nitrogens with zero attached hydrogens (tertiary/aromatic N) is 2. The molecule has 0 saturated heterocycles. The van der Waals surface area contributed by atoms with Gasteiger partial charge in [-0.15, -0.1) is 0 Å². The Balaban J connectivity index is 1.23. The number of para-hydroxylation sites is 1. The minimum Gasteiger partial charge on any atom is -0.389 e. The smallest absolute Gasteiger partial charge is 0.264 e. The summed E-state index contributed by atoms with van der Waals surface area (Å²) < 4.78 is 35.6. The van der Waals surface area contributed by atoms with Crippen molar-refractivity contribution < 1.29 is 23.1 Å². The van der Waals surface area contributed by atoms with Crippen molar-refractivity contribution in [2.75, 3.05) is 17.5 Å². The van der Waals surface area contributed by atoms with Crippen LogP contribution in [0.3, 0.4) is 0 Å². The largest absolute Gasteiger partial charge is 0.389 e. The third kappa shape index (κ3) is 7.30. The van der Waals surface area contributed by atoms with E-state index in [2.05, 4.69) is 0 Å². The molecule has 7 nitrogen and oxygen atoms in total. The number of sulfonamides is 1. The fourth-order valence-electron chi connectivity index (χ4n) is 6.17. The number of rotatable bonds is 12. The lowest BCUT2D eigenvalue weighted by atomic mass is 10.0. The second-order valence-electron chi connectivity index (χ2n) is 11.9. The molecule has 0 radical (unpaired) electrons. The lowest BCUT2D eigenvalue weighted by Crippen LogP contribution is -2.39. The molecule has 1 N–H and O–H groups in total. The number of amides is 1. The molecule has 0 fully saturated rings. The van der Waals surface area contributed by atoms with Crippen molar-refractivity contribution in [1.29, 1.82) is 0 Å². The Morgan fingerprint density at radius 2 is 1.43 bits per heavy atom. The fourth-order valence-corrected chi connectivity index (χ4v) is 7.91. The van der Waals surface area contributed by atoms with Gasteiger partial charge in [0.25, 0.3) is 15.9 Å². The van der Waals surface area contributed by atoms with Gasteiger partial charge in [0.1, 0.15) is 6.10 Å². The van der Waals surface area contributed by atoms with Crippen molar-refractivity contribution >= 4 is 21.6 Å². The Bertz CT molecular complexity index is 1860. The lowest BCUT2D eigenvalue weighted by Gasteiger charge is -2.28. The molecule has 1 aliphatic rings. The van der Waals surface area contributed by atoms with Gasteiger partial charge in [0, 0.05) is 24.7 Å². The number of carbonyl (C=O) groups excluding carboxylic acids is 1. The van der Waals surface area contributed by atoms with E-state index in [1.54, 1.807) is 17.0 Å². The highest BCUT2D eigenvalue weighted by Gasteiger charge is 2.36. The predicted molar refractivity (Wildman–Crippen MR) is 184 cm³/mol. The molecule has 0 aliphatic carbocycles. The van der Waals surface area contributed by atoms with Crippen molar-refractivity contribution in [3.63, 3.8) is 0 Å². The van der Waals surface area contributed by atoms with Crippen molar-refractivity contribution in [3.05, 3.63) is 167 Å². The summed E-state index contributed by atoms with van der Waals surface area (Å²) in [5, 5.41) is 11.3. The average Bonchev–Trinajstić information content (AvgIpc) is 3.45. The Morgan fingerprint density at radius 1 is 0.830 bits per heavy atom. The molecule has 5 aromatic rings. The number of carbonyl (C=O) groups is 1. The zero-order valence-corrected chi connectivity index (χ0v) is 27.0. The van der Waals surface area contributed by atoms with Gasteiger partial charge in [-0.1, -0.05) is 115 Å². The van der Waals surface area contributed by atoms with Crippen LogP contribution in [0.15, 0.2) is 144 Å². The van der Waals surface area contributed by atoms with Crippen molar-refractivity contribution in [2.24, 2.45) is 0 Å². The summed E-state index contributed by atoms with van der Waals surface area (Å²) in [6.45, 7) is 2.08. The summed E-state index contributed by atoms with van der Waals surface area (Å²) >= 11 is 0. The first kappa shape index (κ1) is 32.2. The van der Waals surface area contributed by atoms with Crippen LogP contribution in [-0.2, 0) is 27.7 Å². The Kier molecular flexibility index (Phi) is 9.82. The Hall–Kier alpha value is -4.76. The summed E-state index contributed by atoms with van der Waals surface area (Å²) in [5.41, 5.74) is 4.65. The summed E-state index contributed by atoms with van der Waals surface area (Å²) in [4.78, 5) is 15.7. The van der Waals surface area contributed by atoms with Gasteiger partial charge >= 0.3 is 0 Å². The van der Waals surface area contributed by atoms with Gasteiger partial charge in [0.2, 0.25) is 0 Å². The first-order chi connectivity index (χ1) is 22.8. The first-order valence-electron chi connectivity index (χ1n) is 15.8. The minimum atomic E-state index is -3.94. The first-order valence-corrected chi connectivity index (χ1v) is 17.2. The second kappa shape index (κ2) is 14.3. The molecule has 1 amide bonds. The molecule has 1 heterocycles. The normalized spacial score (nSPS) is 15.0. The van der Waals surface area contributed by atoms with Gasteiger partial charge in [-0.05, 0) is 59.9 Å². The number of aliphatic hydroxyl groups is 1. The van der Waals surface area contributed by atoms with Crippen LogP contribution in [0, 0.1) is 0 Å². The molecular weight excluding hydrogens is 609 g/mol. The monoisotopic (exact) mass is 646 g/mol. The molecule has 47 heavy (non-hydrogen) atoms. The highest BCUT2D eigenvalue weighted by molar-refractivity contribution is 7.92. The van der Waals surface area contributed by atoms with E-state index in [0.29, 0.717) is 12.1 Å². The van der Waals surface area contributed by atoms with Crippen molar-refractivity contribution in [3.8, 4) is 0 Å². The molecule has 0 saturated carbocycles. The van der Waals surface area contributed by atoms with Crippen LogP contribution in [0.1, 0.15) is 45.6 Å². The molecule has 0 bridgehead atoms. The fraction of sp³-hybridized carbons (Fsp3) is 0.205. The van der Waals surface area contributed by atoms with Crippen LogP contribution in [-0.4, -0.2) is 49.6 Å². The summed E-state index contributed by atoms with van der Waals surface area (Å²) in [5.74, 6) is -0.387. The SMILES string of the molecule is CC1Cc2ccccc2N1S(=O)(=O)c1cccc(C(=O)N(Cc2ccccc2)CC(O)COC(c2ccccc2)c2ccccc2)c1. The molecule has 0 aromatic heterocycles. The van der Waals surface area contributed by atoms with E-state index in [1.165, 1.54) is 16.4 Å². The number of anilines is 1. The van der Waals surface area contributed by atoms with Crippen LogP contribution in [0.2, 0.25) is 0 Å². The molecular formula is C39H38N2O5S. The van der Waals surface area contributed by atoms with E-state index in [1.807, 2.05) is 122 Å². The Labute approximate surface area is 276 Å². The zero-order chi connectivity index (χ0) is 32.8. The topological polar surface area (TPSA) is 87.2 Å². The molecule has 5 aromatic carbocycles. The van der Waals surface area contributed by atoms with Crippen LogP contribution < -0.4 is 4.31 Å². The number of fused-ring (bicyclic) bond motifs is 1. The van der Waals surface area contributed by atoms with Crippen LogP contribution in [0.4, 0.5) is 5.69 Å². The lowest BCUT2D eigenvalue weighted by molar-refractivity contribution is -0.00774. The average molecular weight is 647 g/mol. The number of ether oxygens (including phenoxy) is 1. The van der Waals surface area contributed by atoms with E-state index in [4.69, 9.17) is 4.74 Å². The molecule has 1 aliphatic heterocycles. The number of hydrogen-bond donors (Lipinski definition) is 1. The predicted octanol–water partition coefficient (Wildman–Crippen LogP) is 6.64. The molecule has 6 rings (SSSR count). The molecule has 8 heteroatoms. The van der Waals surface area contributed by atoms with Crippen molar-refractivity contribution in [2.45, 2.75) is 43.0 Å². The minimum absolute atomic E-state index is 0.0163. The maximum absolute atomic E-state index is 14.1.